The number of amides is 1. The van der Waals surface area contributed by atoms with Crippen molar-refractivity contribution in [3.8, 4) is 0 Å². The largest absolute Gasteiger partial charge is 0.444 e. The van der Waals surface area contributed by atoms with E-state index in [0.717, 1.165) is 0 Å². The summed E-state index contributed by atoms with van der Waals surface area (Å²) in [6.45, 7) is 16.2. The lowest BCUT2D eigenvalue weighted by Gasteiger charge is -2.19. The fourth-order valence-electron chi connectivity index (χ4n) is 3.12. The molecule has 0 aromatic rings. The summed E-state index contributed by atoms with van der Waals surface area (Å²) >= 11 is 0. The highest BCUT2D eigenvalue weighted by molar-refractivity contribution is 5.67. The molecule has 0 aliphatic carbocycles. The summed E-state index contributed by atoms with van der Waals surface area (Å²) in [6, 6.07) is 0. The van der Waals surface area contributed by atoms with Crippen molar-refractivity contribution in [1.29, 1.82) is 0 Å². The van der Waals surface area contributed by atoms with E-state index in [1.165, 1.54) is 0 Å². The molecule has 1 amide bonds. The highest BCUT2D eigenvalue weighted by Gasteiger charge is 2.15. The van der Waals surface area contributed by atoms with Crippen LogP contribution in [0, 0.1) is 0 Å². The zero-order valence-electron chi connectivity index (χ0n) is 29.0. The molecular weight excluding hydrogens is 629 g/mol. The van der Waals surface area contributed by atoms with Crippen LogP contribution in [-0.2, 0) is 61.6 Å². The van der Waals surface area contributed by atoms with Gasteiger partial charge in [0.2, 0.25) is 0 Å². The number of nitrogens with one attached hydrogen (secondary N) is 1. The van der Waals surface area contributed by atoms with E-state index < -0.39 is 18.4 Å². The van der Waals surface area contributed by atoms with Gasteiger partial charge in [0.05, 0.1) is 159 Å². The number of hydrogen-bond donors (Lipinski definition) is 1. The number of alkyl halides is 1. The summed E-state index contributed by atoms with van der Waals surface area (Å²) in [5.74, 6) is 0. The number of hydrogen-bond acceptors (Lipinski definition) is 14. The summed E-state index contributed by atoms with van der Waals surface area (Å²) in [6.07, 6.45) is -0.456. The Morgan fingerprint density at radius 1 is 0.404 bits per heavy atom. The van der Waals surface area contributed by atoms with Crippen LogP contribution < -0.4 is 5.32 Å². The van der Waals surface area contributed by atoms with Crippen molar-refractivity contribution >= 4 is 6.09 Å². The zero-order chi connectivity index (χ0) is 34.4. The second-order valence-electron chi connectivity index (χ2n) is 10.5. The molecule has 0 aliphatic heterocycles. The molecule has 0 saturated carbocycles. The van der Waals surface area contributed by atoms with Crippen LogP contribution in [-0.4, -0.2) is 183 Å². The monoisotopic (exact) mass is 691 g/mol. The number of halogens is 1. The minimum absolute atomic E-state index is 0.109. The van der Waals surface area contributed by atoms with Crippen molar-refractivity contribution in [1.82, 2.24) is 5.32 Å². The number of rotatable bonds is 38. The van der Waals surface area contributed by atoms with Gasteiger partial charge in [-0.15, -0.1) is 0 Å². The van der Waals surface area contributed by atoms with Crippen molar-refractivity contribution in [2.45, 2.75) is 26.4 Å². The van der Waals surface area contributed by atoms with Gasteiger partial charge in [0.15, 0.2) is 0 Å². The van der Waals surface area contributed by atoms with Gasteiger partial charge in [-0.25, -0.2) is 9.18 Å². The maximum atomic E-state index is 11.8. The molecule has 282 valence electrons. The standard InChI is InChI=1S/C31H62FNO14/c1-31(2,3)47-30(34)33-5-7-36-9-11-38-13-15-40-17-19-42-21-23-44-25-27-46-29-28-45-26-24-43-22-20-41-18-16-39-14-12-37-10-8-35-6-4-32/h4-29H2,1-3H3,(H,33,34). The van der Waals surface area contributed by atoms with Gasteiger partial charge < -0.3 is 66.9 Å². The molecule has 0 unspecified atom stereocenters. The normalized spacial score (nSPS) is 11.7. The van der Waals surface area contributed by atoms with E-state index in [1.807, 2.05) is 20.8 Å². The summed E-state index contributed by atoms with van der Waals surface area (Å²) in [5, 5.41) is 2.63. The van der Waals surface area contributed by atoms with Gasteiger partial charge in [-0.05, 0) is 20.8 Å². The minimum atomic E-state index is -0.514. The molecule has 15 nitrogen and oxygen atoms in total. The molecule has 0 atom stereocenters. The van der Waals surface area contributed by atoms with Crippen LogP contribution in [0.25, 0.3) is 0 Å². The number of alkyl carbamates (subject to hydrolysis) is 1. The van der Waals surface area contributed by atoms with Gasteiger partial charge in [0.1, 0.15) is 12.3 Å². The van der Waals surface area contributed by atoms with E-state index in [2.05, 4.69) is 5.32 Å². The SMILES string of the molecule is CC(C)(C)OC(=O)NCCOCCOCCOCCOCCOCCOCCOCCOCCOCCOCCOCCOCCF. The van der Waals surface area contributed by atoms with Crippen LogP contribution in [0.4, 0.5) is 9.18 Å². The summed E-state index contributed by atoms with van der Waals surface area (Å²) in [4.78, 5) is 11.5. The van der Waals surface area contributed by atoms with E-state index in [4.69, 9.17) is 61.6 Å². The van der Waals surface area contributed by atoms with Crippen molar-refractivity contribution in [2.24, 2.45) is 0 Å². The van der Waals surface area contributed by atoms with Crippen molar-refractivity contribution < 1.29 is 70.8 Å². The molecule has 0 aliphatic rings. The summed E-state index contributed by atoms with van der Waals surface area (Å²) in [5.41, 5.74) is -0.514. The fraction of sp³-hybridized carbons (Fsp3) is 0.968. The Hall–Kier alpha value is -1.28. The molecule has 0 rings (SSSR count). The minimum Gasteiger partial charge on any atom is -0.444 e. The van der Waals surface area contributed by atoms with Gasteiger partial charge in [0, 0.05) is 6.54 Å². The Bertz CT molecular complexity index is 634. The van der Waals surface area contributed by atoms with Crippen LogP contribution >= 0.6 is 0 Å². The van der Waals surface area contributed by atoms with E-state index in [1.54, 1.807) is 0 Å². The first-order chi connectivity index (χ1) is 23.0. The molecule has 0 fully saturated rings. The molecule has 0 heterocycles. The lowest BCUT2D eigenvalue weighted by atomic mass is 10.2. The number of carbonyl (C=O) groups excluding carboxylic acids is 1. The van der Waals surface area contributed by atoms with Crippen LogP contribution in [0.15, 0.2) is 0 Å². The third-order valence-electron chi connectivity index (χ3n) is 5.23. The Morgan fingerprint density at radius 2 is 0.617 bits per heavy atom. The quantitative estimate of drug-likeness (QED) is 0.0936. The average molecular weight is 692 g/mol. The smallest absolute Gasteiger partial charge is 0.407 e. The number of ether oxygens (including phenoxy) is 13. The first-order valence-corrected chi connectivity index (χ1v) is 16.4. The Morgan fingerprint density at radius 3 is 0.830 bits per heavy atom. The molecule has 0 saturated heterocycles. The third kappa shape index (κ3) is 42.7. The van der Waals surface area contributed by atoms with Gasteiger partial charge >= 0.3 is 6.09 Å². The highest BCUT2D eigenvalue weighted by Crippen LogP contribution is 2.06. The molecule has 47 heavy (non-hydrogen) atoms. The third-order valence-corrected chi connectivity index (χ3v) is 5.23. The van der Waals surface area contributed by atoms with E-state index in [-0.39, 0.29) is 6.61 Å². The molecular formula is C31H62FNO14. The van der Waals surface area contributed by atoms with Crippen molar-refractivity contribution in [3.05, 3.63) is 0 Å². The first-order valence-electron chi connectivity index (χ1n) is 16.4. The fourth-order valence-corrected chi connectivity index (χ4v) is 3.12. The predicted molar refractivity (Wildman–Crippen MR) is 170 cm³/mol. The Labute approximate surface area is 280 Å². The number of carbonyl (C=O) groups is 1. The first kappa shape index (κ1) is 45.7. The average Bonchev–Trinajstić information content (AvgIpc) is 3.03. The molecule has 0 aromatic carbocycles. The lowest BCUT2D eigenvalue weighted by molar-refractivity contribution is -0.0284. The molecule has 0 aromatic heterocycles. The second-order valence-corrected chi connectivity index (χ2v) is 10.5. The predicted octanol–water partition coefficient (Wildman–Crippen LogP) is 1.68. The van der Waals surface area contributed by atoms with Crippen LogP contribution in [0.5, 0.6) is 0 Å². The maximum Gasteiger partial charge on any atom is 0.407 e. The second kappa shape index (κ2) is 37.5. The highest BCUT2D eigenvalue weighted by atomic mass is 19.1. The lowest BCUT2D eigenvalue weighted by Crippen LogP contribution is -2.34. The molecule has 0 radical (unpaired) electrons. The van der Waals surface area contributed by atoms with Crippen molar-refractivity contribution in [2.75, 3.05) is 172 Å². The van der Waals surface area contributed by atoms with E-state index in [9.17, 15) is 9.18 Å². The van der Waals surface area contributed by atoms with Gasteiger partial charge in [0.25, 0.3) is 0 Å². The Kier molecular flexibility index (Phi) is 36.5. The van der Waals surface area contributed by atoms with Crippen LogP contribution in [0.1, 0.15) is 20.8 Å². The van der Waals surface area contributed by atoms with Crippen LogP contribution in [0.3, 0.4) is 0 Å². The van der Waals surface area contributed by atoms with Gasteiger partial charge in [-0.1, -0.05) is 0 Å². The summed E-state index contributed by atoms with van der Waals surface area (Å²) in [7, 11) is 0. The van der Waals surface area contributed by atoms with Gasteiger partial charge in [-0.3, -0.25) is 0 Å². The van der Waals surface area contributed by atoms with E-state index in [0.29, 0.717) is 159 Å². The van der Waals surface area contributed by atoms with E-state index >= 15 is 0 Å². The molecule has 0 spiro atoms. The molecule has 16 heteroatoms. The summed E-state index contributed by atoms with van der Waals surface area (Å²) < 4.78 is 81.5. The zero-order valence-corrected chi connectivity index (χ0v) is 29.0. The van der Waals surface area contributed by atoms with Crippen LogP contribution in [0.2, 0.25) is 0 Å². The maximum absolute atomic E-state index is 11.8. The molecule has 0 bridgehead atoms. The molecule has 1 N–H and O–H groups in total. The topological polar surface area (TPSA) is 149 Å². The van der Waals surface area contributed by atoms with Crippen molar-refractivity contribution in [3.63, 3.8) is 0 Å². The van der Waals surface area contributed by atoms with Gasteiger partial charge in [-0.2, -0.15) is 0 Å². The Balaban J connectivity index is 3.09.